The first-order chi connectivity index (χ1) is 13.1. The highest BCUT2D eigenvalue weighted by Gasteiger charge is 2.13. The highest BCUT2D eigenvalue weighted by atomic mass is 16.6. The Kier molecular flexibility index (Phi) is 5.47. The van der Waals surface area contributed by atoms with E-state index in [1.807, 2.05) is 54.6 Å². The molecule has 3 rings (SSSR count). The lowest BCUT2D eigenvalue weighted by molar-refractivity contribution is -0.385. The molecule has 0 amide bonds. The van der Waals surface area contributed by atoms with E-state index in [1.54, 1.807) is 7.11 Å². The first-order valence-corrected chi connectivity index (χ1v) is 8.26. The van der Waals surface area contributed by atoms with Crippen molar-refractivity contribution in [2.45, 2.75) is 6.04 Å². The SMILES string of the molecule is COc1ccc([C@@H](N=Cc2cc([N+](=O)[O-])ccc2[O-])c2ccccc2)cc1. The molecule has 6 heteroatoms. The Bertz CT molecular complexity index is 954. The molecule has 0 aliphatic carbocycles. The Balaban J connectivity index is 2.00. The maximum Gasteiger partial charge on any atom is 0.270 e. The minimum atomic E-state index is -0.533. The zero-order valence-corrected chi connectivity index (χ0v) is 14.6. The lowest BCUT2D eigenvalue weighted by atomic mass is 9.99. The molecule has 6 nitrogen and oxygen atoms in total. The highest BCUT2D eigenvalue weighted by molar-refractivity contribution is 5.84. The summed E-state index contributed by atoms with van der Waals surface area (Å²) in [7, 11) is 1.60. The van der Waals surface area contributed by atoms with Gasteiger partial charge in [-0.25, -0.2) is 0 Å². The number of methoxy groups -OCH3 is 1. The number of benzene rings is 3. The third kappa shape index (κ3) is 4.30. The molecule has 0 saturated heterocycles. The fraction of sp³-hybridized carbons (Fsp3) is 0.0952. The van der Waals surface area contributed by atoms with Crippen LogP contribution in [0.15, 0.2) is 77.8 Å². The number of nitrogens with zero attached hydrogens (tertiary/aromatic N) is 2. The van der Waals surface area contributed by atoms with E-state index in [9.17, 15) is 15.2 Å². The van der Waals surface area contributed by atoms with Crippen LogP contribution in [0.3, 0.4) is 0 Å². The normalized spacial score (nSPS) is 12.0. The topological polar surface area (TPSA) is 87.8 Å². The van der Waals surface area contributed by atoms with Crippen LogP contribution < -0.4 is 9.84 Å². The van der Waals surface area contributed by atoms with Crippen molar-refractivity contribution in [2.24, 2.45) is 4.99 Å². The minimum Gasteiger partial charge on any atom is -0.872 e. The van der Waals surface area contributed by atoms with Gasteiger partial charge in [-0.1, -0.05) is 54.3 Å². The van der Waals surface area contributed by atoms with Crippen LogP contribution in [0.25, 0.3) is 0 Å². The Morgan fingerprint density at radius 3 is 2.30 bits per heavy atom. The van der Waals surface area contributed by atoms with E-state index in [0.717, 1.165) is 16.9 Å². The molecule has 27 heavy (non-hydrogen) atoms. The molecule has 0 fully saturated rings. The third-order valence-electron chi connectivity index (χ3n) is 4.11. The summed E-state index contributed by atoms with van der Waals surface area (Å²) < 4.78 is 5.19. The van der Waals surface area contributed by atoms with Gasteiger partial charge < -0.3 is 9.84 Å². The minimum absolute atomic E-state index is 0.142. The van der Waals surface area contributed by atoms with Gasteiger partial charge in [-0.05, 0) is 28.8 Å². The average Bonchev–Trinajstić information content (AvgIpc) is 2.70. The van der Waals surface area contributed by atoms with Crippen LogP contribution in [0, 0.1) is 10.1 Å². The molecule has 0 aliphatic rings. The maximum absolute atomic E-state index is 12.0. The second-order valence-corrected chi connectivity index (χ2v) is 5.84. The summed E-state index contributed by atoms with van der Waals surface area (Å²) in [6, 6.07) is 20.4. The van der Waals surface area contributed by atoms with Crippen molar-refractivity contribution in [3.63, 3.8) is 0 Å². The summed E-state index contributed by atoms with van der Waals surface area (Å²) >= 11 is 0. The summed E-state index contributed by atoms with van der Waals surface area (Å²) in [4.78, 5) is 15.0. The lowest BCUT2D eigenvalue weighted by Crippen LogP contribution is -2.02. The number of aliphatic imine (C=N–C) groups is 1. The average molecular weight is 361 g/mol. The first kappa shape index (κ1) is 18.1. The van der Waals surface area contributed by atoms with Crippen molar-refractivity contribution in [1.29, 1.82) is 0 Å². The molecule has 0 unspecified atom stereocenters. The molecule has 136 valence electrons. The molecule has 0 spiro atoms. The summed E-state index contributed by atoms with van der Waals surface area (Å²) in [5.41, 5.74) is 1.89. The van der Waals surface area contributed by atoms with Crippen molar-refractivity contribution >= 4 is 11.9 Å². The molecular weight excluding hydrogens is 344 g/mol. The molecule has 0 radical (unpaired) electrons. The molecular formula is C21H17N2O4-. The third-order valence-corrected chi connectivity index (χ3v) is 4.11. The van der Waals surface area contributed by atoms with Crippen LogP contribution in [0.4, 0.5) is 5.69 Å². The fourth-order valence-corrected chi connectivity index (χ4v) is 2.69. The summed E-state index contributed by atoms with van der Waals surface area (Å²) in [5, 5.41) is 23.0. The van der Waals surface area contributed by atoms with Gasteiger partial charge in [0.25, 0.3) is 5.69 Å². The zero-order chi connectivity index (χ0) is 19.2. The van der Waals surface area contributed by atoms with Crippen LogP contribution in [0.5, 0.6) is 11.5 Å². The van der Waals surface area contributed by atoms with Crippen molar-refractivity contribution in [2.75, 3.05) is 7.11 Å². The molecule has 1 atom stereocenters. The Hall–Kier alpha value is -3.67. The summed E-state index contributed by atoms with van der Waals surface area (Å²) in [6.07, 6.45) is 1.40. The molecule has 3 aromatic rings. The monoisotopic (exact) mass is 361 g/mol. The number of hydrogen-bond donors (Lipinski definition) is 0. The van der Waals surface area contributed by atoms with Gasteiger partial charge in [-0.3, -0.25) is 15.1 Å². The Morgan fingerprint density at radius 2 is 1.67 bits per heavy atom. The summed E-state index contributed by atoms with van der Waals surface area (Å²) in [6.45, 7) is 0. The van der Waals surface area contributed by atoms with Gasteiger partial charge in [-0.2, -0.15) is 0 Å². The lowest BCUT2D eigenvalue weighted by Gasteiger charge is -2.15. The van der Waals surface area contributed by atoms with Crippen LogP contribution in [0.1, 0.15) is 22.7 Å². The maximum atomic E-state index is 12.0. The zero-order valence-electron chi connectivity index (χ0n) is 14.6. The van der Waals surface area contributed by atoms with Gasteiger partial charge in [0.1, 0.15) is 5.75 Å². The quantitative estimate of drug-likeness (QED) is 0.379. The van der Waals surface area contributed by atoms with Gasteiger partial charge in [0, 0.05) is 18.3 Å². The van der Waals surface area contributed by atoms with Crippen LogP contribution in [-0.2, 0) is 0 Å². The number of nitro groups is 1. The van der Waals surface area contributed by atoms with E-state index in [-0.39, 0.29) is 23.0 Å². The van der Waals surface area contributed by atoms with Gasteiger partial charge in [0.15, 0.2) is 0 Å². The fourth-order valence-electron chi connectivity index (χ4n) is 2.69. The van der Waals surface area contributed by atoms with Crippen molar-refractivity contribution in [3.8, 4) is 11.5 Å². The van der Waals surface area contributed by atoms with E-state index in [0.29, 0.717) is 0 Å². The molecule has 3 aromatic carbocycles. The number of nitro benzene ring substituents is 1. The molecule has 0 bridgehead atoms. The van der Waals surface area contributed by atoms with E-state index in [1.165, 1.54) is 24.4 Å². The standard InChI is InChI=1S/C21H18N2O4/c1-27-19-10-7-16(8-11-19)21(15-5-3-2-4-6-15)22-14-17-13-18(23(25)26)9-12-20(17)24/h2-14,21,24H,1H3/p-1/t21-/m0/s1. The van der Waals surface area contributed by atoms with Crippen LogP contribution in [-0.4, -0.2) is 18.2 Å². The van der Waals surface area contributed by atoms with E-state index < -0.39 is 4.92 Å². The molecule has 0 heterocycles. The second kappa shape index (κ2) is 8.14. The van der Waals surface area contributed by atoms with Crippen molar-refractivity contribution in [1.82, 2.24) is 0 Å². The predicted octanol–water partition coefficient (Wildman–Crippen LogP) is 3.89. The van der Waals surface area contributed by atoms with Gasteiger partial charge in [0.2, 0.25) is 0 Å². The number of rotatable bonds is 6. The highest BCUT2D eigenvalue weighted by Crippen LogP contribution is 2.28. The van der Waals surface area contributed by atoms with Crippen LogP contribution >= 0.6 is 0 Å². The van der Waals surface area contributed by atoms with Crippen molar-refractivity contribution in [3.05, 3.63) is 99.6 Å². The predicted molar refractivity (Wildman–Crippen MR) is 101 cm³/mol. The largest absolute Gasteiger partial charge is 0.872 e. The van der Waals surface area contributed by atoms with Crippen molar-refractivity contribution < 1.29 is 14.8 Å². The Labute approximate surface area is 156 Å². The smallest absolute Gasteiger partial charge is 0.270 e. The molecule has 0 saturated carbocycles. The first-order valence-electron chi connectivity index (χ1n) is 8.26. The second-order valence-electron chi connectivity index (χ2n) is 5.84. The Morgan fingerprint density at radius 1 is 1.00 bits per heavy atom. The van der Waals surface area contributed by atoms with E-state index in [2.05, 4.69) is 4.99 Å². The number of non-ortho nitro benzene ring substituents is 1. The van der Waals surface area contributed by atoms with Crippen LogP contribution in [0.2, 0.25) is 0 Å². The molecule has 0 aromatic heterocycles. The van der Waals surface area contributed by atoms with Gasteiger partial charge in [-0.15, -0.1) is 0 Å². The van der Waals surface area contributed by atoms with Gasteiger partial charge >= 0.3 is 0 Å². The summed E-state index contributed by atoms with van der Waals surface area (Å²) in [5.74, 6) is 0.418. The molecule has 0 aliphatic heterocycles. The molecule has 0 N–H and O–H groups in total. The van der Waals surface area contributed by atoms with E-state index >= 15 is 0 Å². The van der Waals surface area contributed by atoms with E-state index in [4.69, 9.17) is 4.74 Å². The number of ether oxygens (including phenoxy) is 1. The number of hydrogen-bond acceptors (Lipinski definition) is 5. The van der Waals surface area contributed by atoms with Gasteiger partial charge in [0.05, 0.1) is 18.1 Å².